The Kier molecular flexibility index (Phi) is 4.71. The third-order valence-electron chi connectivity index (χ3n) is 3.85. The average Bonchev–Trinajstić information content (AvgIpc) is 2.59. The number of rotatable bonds is 4. The molecule has 0 amide bonds. The van der Waals surface area contributed by atoms with Gasteiger partial charge in [-0.2, -0.15) is 0 Å². The molecule has 0 bridgehead atoms. The maximum atomic E-state index is 5.93. The van der Waals surface area contributed by atoms with E-state index in [9.17, 15) is 0 Å². The number of anilines is 1. The van der Waals surface area contributed by atoms with E-state index in [4.69, 9.17) is 11.6 Å². The first-order valence-electron chi connectivity index (χ1n) is 6.89. The van der Waals surface area contributed by atoms with Crippen molar-refractivity contribution in [2.24, 2.45) is 0 Å². The summed E-state index contributed by atoms with van der Waals surface area (Å²) in [6.07, 6.45) is 10.9. The van der Waals surface area contributed by atoms with Crippen LogP contribution >= 0.6 is 11.6 Å². The molecule has 0 saturated heterocycles. The predicted octanol–water partition coefficient (Wildman–Crippen LogP) is 5.42. The number of halogens is 1. The summed E-state index contributed by atoms with van der Waals surface area (Å²) in [5.74, 6) is 0. The van der Waals surface area contributed by atoms with Crippen molar-refractivity contribution in [3.63, 3.8) is 0 Å². The second kappa shape index (κ2) is 6.29. The topological polar surface area (TPSA) is 12.0 Å². The molecule has 98 valence electrons. The summed E-state index contributed by atoms with van der Waals surface area (Å²) in [5, 5.41) is 4.52. The van der Waals surface area contributed by atoms with Crippen LogP contribution in [0.4, 0.5) is 5.69 Å². The molecule has 1 N–H and O–H groups in total. The second-order valence-corrected chi connectivity index (χ2v) is 5.76. The monoisotopic (exact) mass is 263 g/mol. The van der Waals surface area contributed by atoms with Crippen LogP contribution in [0.2, 0.25) is 5.02 Å². The Labute approximate surface area is 115 Å². The van der Waals surface area contributed by atoms with Crippen LogP contribution in [0.1, 0.15) is 44.9 Å². The lowest BCUT2D eigenvalue weighted by molar-refractivity contribution is 0.412. The van der Waals surface area contributed by atoms with E-state index in [0.717, 1.165) is 11.4 Å². The number of hydrogen-bond donors (Lipinski definition) is 1. The van der Waals surface area contributed by atoms with E-state index in [1.165, 1.54) is 44.2 Å². The average molecular weight is 264 g/mol. The Hall–Kier alpha value is -0.950. The van der Waals surface area contributed by atoms with Gasteiger partial charge >= 0.3 is 0 Å². The molecule has 0 atom stereocenters. The highest BCUT2D eigenvalue weighted by molar-refractivity contribution is 6.30. The Balaban J connectivity index is 2.13. The third-order valence-corrected chi connectivity index (χ3v) is 4.10. The third kappa shape index (κ3) is 3.52. The van der Waals surface area contributed by atoms with Gasteiger partial charge in [0.2, 0.25) is 0 Å². The lowest BCUT2D eigenvalue weighted by Crippen LogP contribution is -2.37. The van der Waals surface area contributed by atoms with Crippen molar-refractivity contribution in [3.8, 4) is 0 Å². The van der Waals surface area contributed by atoms with Crippen LogP contribution in [0.25, 0.3) is 0 Å². The summed E-state index contributed by atoms with van der Waals surface area (Å²) in [7, 11) is 0. The zero-order valence-electron chi connectivity index (χ0n) is 10.9. The Morgan fingerprint density at radius 2 is 1.72 bits per heavy atom. The first-order chi connectivity index (χ1) is 8.74. The van der Waals surface area contributed by atoms with Gasteiger partial charge in [-0.3, -0.25) is 0 Å². The smallest absolute Gasteiger partial charge is 0.0408 e. The van der Waals surface area contributed by atoms with Crippen molar-refractivity contribution in [2.45, 2.75) is 50.5 Å². The van der Waals surface area contributed by atoms with E-state index in [-0.39, 0.29) is 5.54 Å². The fourth-order valence-electron chi connectivity index (χ4n) is 2.90. The molecule has 2 rings (SSSR count). The van der Waals surface area contributed by atoms with E-state index in [1.807, 2.05) is 18.2 Å². The fourth-order valence-corrected chi connectivity index (χ4v) is 3.03. The highest BCUT2D eigenvalue weighted by Gasteiger charge is 2.29. The number of hydrogen-bond acceptors (Lipinski definition) is 1. The van der Waals surface area contributed by atoms with Gasteiger partial charge in [-0.15, -0.1) is 6.58 Å². The minimum absolute atomic E-state index is 0.200. The van der Waals surface area contributed by atoms with Crippen LogP contribution in [0.5, 0.6) is 0 Å². The summed E-state index contributed by atoms with van der Waals surface area (Å²) in [6.45, 7) is 3.93. The van der Waals surface area contributed by atoms with Crippen LogP contribution < -0.4 is 5.32 Å². The molecule has 1 nitrogen and oxygen atoms in total. The van der Waals surface area contributed by atoms with Gasteiger partial charge in [0.05, 0.1) is 0 Å². The molecule has 2 heteroatoms. The molecule has 0 spiro atoms. The van der Waals surface area contributed by atoms with Gasteiger partial charge in [-0.1, -0.05) is 43.4 Å². The van der Waals surface area contributed by atoms with Gasteiger partial charge in [0, 0.05) is 16.2 Å². The number of benzene rings is 1. The molecule has 1 aromatic rings. The highest BCUT2D eigenvalue weighted by atomic mass is 35.5. The molecule has 1 aliphatic rings. The fraction of sp³-hybridized carbons (Fsp3) is 0.500. The van der Waals surface area contributed by atoms with E-state index in [0.29, 0.717) is 0 Å². The van der Waals surface area contributed by atoms with Crippen LogP contribution in [-0.2, 0) is 0 Å². The van der Waals surface area contributed by atoms with Crippen LogP contribution in [0.3, 0.4) is 0 Å². The molecule has 1 fully saturated rings. The molecule has 18 heavy (non-hydrogen) atoms. The van der Waals surface area contributed by atoms with Crippen molar-refractivity contribution in [3.05, 3.63) is 41.9 Å². The summed E-state index contributed by atoms with van der Waals surface area (Å²) >= 11 is 5.93. The summed E-state index contributed by atoms with van der Waals surface area (Å²) < 4.78 is 0. The lowest BCUT2D eigenvalue weighted by Gasteiger charge is -2.34. The molecule has 0 aliphatic heterocycles. The minimum Gasteiger partial charge on any atom is -0.379 e. The van der Waals surface area contributed by atoms with Gasteiger partial charge in [-0.25, -0.2) is 0 Å². The van der Waals surface area contributed by atoms with Gasteiger partial charge in [0.15, 0.2) is 0 Å². The Bertz CT molecular complexity index is 375. The first-order valence-corrected chi connectivity index (χ1v) is 7.27. The van der Waals surface area contributed by atoms with Gasteiger partial charge < -0.3 is 5.32 Å². The van der Waals surface area contributed by atoms with Crippen LogP contribution in [0.15, 0.2) is 36.9 Å². The SMILES string of the molecule is C=CCC1(Nc2ccc(Cl)cc2)CCCCCC1. The van der Waals surface area contributed by atoms with Crippen molar-refractivity contribution in [1.82, 2.24) is 0 Å². The summed E-state index contributed by atoms with van der Waals surface area (Å²) in [4.78, 5) is 0. The molecule has 0 radical (unpaired) electrons. The van der Waals surface area contributed by atoms with Crippen LogP contribution in [0, 0.1) is 0 Å². The van der Waals surface area contributed by atoms with E-state index < -0.39 is 0 Å². The molecule has 0 heterocycles. The van der Waals surface area contributed by atoms with E-state index in [2.05, 4.69) is 24.0 Å². The van der Waals surface area contributed by atoms with Gasteiger partial charge in [0.25, 0.3) is 0 Å². The molecule has 1 saturated carbocycles. The molecule has 1 aliphatic carbocycles. The van der Waals surface area contributed by atoms with E-state index in [1.54, 1.807) is 0 Å². The first kappa shape index (κ1) is 13.5. The van der Waals surface area contributed by atoms with Crippen molar-refractivity contribution >= 4 is 17.3 Å². The zero-order chi connectivity index (χ0) is 12.8. The zero-order valence-corrected chi connectivity index (χ0v) is 11.7. The standard InChI is InChI=1S/C16H22ClN/c1-2-11-16(12-5-3-4-6-13-16)18-15-9-7-14(17)8-10-15/h2,7-10,18H,1,3-6,11-13H2. The van der Waals surface area contributed by atoms with Gasteiger partial charge in [-0.05, 0) is 43.5 Å². The predicted molar refractivity (Wildman–Crippen MR) is 80.3 cm³/mol. The molecule has 0 aromatic heterocycles. The second-order valence-electron chi connectivity index (χ2n) is 5.32. The largest absolute Gasteiger partial charge is 0.379 e. The normalized spacial score (nSPS) is 18.9. The number of nitrogens with one attached hydrogen (secondary N) is 1. The quantitative estimate of drug-likeness (QED) is 0.565. The van der Waals surface area contributed by atoms with Gasteiger partial charge in [0.1, 0.15) is 0 Å². The molecule has 1 aromatic carbocycles. The minimum atomic E-state index is 0.200. The van der Waals surface area contributed by atoms with Crippen molar-refractivity contribution in [1.29, 1.82) is 0 Å². The Morgan fingerprint density at radius 3 is 2.28 bits per heavy atom. The molecular formula is C16H22ClN. The van der Waals surface area contributed by atoms with E-state index >= 15 is 0 Å². The molecular weight excluding hydrogens is 242 g/mol. The van der Waals surface area contributed by atoms with Crippen molar-refractivity contribution < 1.29 is 0 Å². The summed E-state index contributed by atoms with van der Waals surface area (Å²) in [6, 6.07) is 8.03. The van der Waals surface area contributed by atoms with Crippen LogP contribution in [-0.4, -0.2) is 5.54 Å². The van der Waals surface area contributed by atoms with Crippen molar-refractivity contribution in [2.75, 3.05) is 5.32 Å². The highest BCUT2D eigenvalue weighted by Crippen LogP contribution is 2.33. The lowest BCUT2D eigenvalue weighted by atomic mass is 9.86. The summed E-state index contributed by atoms with van der Waals surface area (Å²) in [5.41, 5.74) is 1.37. The molecule has 0 unspecified atom stereocenters. The maximum Gasteiger partial charge on any atom is 0.0408 e. The maximum absolute atomic E-state index is 5.93. The Morgan fingerprint density at radius 1 is 1.11 bits per heavy atom.